The van der Waals surface area contributed by atoms with Gasteiger partial charge in [0.25, 0.3) is 0 Å². The molecule has 6 heteroatoms. The van der Waals surface area contributed by atoms with Crippen LogP contribution in [0.25, 0.3) is 0 Å². The van der Waals surface area contributed by atoms with Crippen molar-refractivity contribution in [3.05, 3.63) is 65.2 Å². The molecule has 2 unspecified atom stereocenters. The van der Waals surface area contributed by atoms with Gasteiger partial charge in [0, 0.05) is 0 Å². The van der Waals surface area contributed by atoms with Crippen LogP contribution in [0.5, 0.6) is 0 Å². The summed E-state index contributed by atoms with van der Waals surface area (Å²) >= 11 is 0. The lowest BCUT2D eigenvalue weighted by Gasteiger charge is -2.32. The van der Waals surface area contributed by atoms with Gasteiger partial charge in [0.2, 0.25) is 15.9 Å². The van der Waals surface area contributed by atoms with E-state index in [1.54, 1.807) is 0 Å². The van der Waals surface area contributed by atoms with Gasteiger partial charge in [-0.15, -0.1) is 0 Å². The zero-order valence-electron chi connectivity index (χ0n) is 16.6. The summed E-state index contributed by atoms with van der Waals surface area (Å²) in [6.45, 7) is 7.47. The third-order valence-electron chi connectivity index (χ3n) is 4.59. The highest BCUT2D eigenvalue weighted by atomic mass is 32.2. The van der Waals surface area contributed by atoms with Crippen molar-refractivity contribution in [2.24, 2.45) is 0 Å². The average Bonchev–Trinajstić information content (AvgIpc) is 2.61. The zero-order valence-corrected chi connectivity index (χ0v) is 17.4. The Kier molecular flexibility index (Phi) is 6.65. The summed E-state index contributed by atoms with van der Waals surface area (Å²) in [5.41, 5.74) is 3.27. The van der Waals surface area contributed by atoms with Crippen molar-refractivity contribution >= 4 is 21.6 Å². The van der Waals surface area contributed by atoms with Gasteiger partial charge in [0.15, 0.2) is 0 Å². The minimum atomic E-state index is -3.64. The van der Waals surface area contributed by atoms with Crippen LogP contribution >= 0.6 is 0 Å². The first-order valence-corrected chi connectivity index (χ1v) is 10.9. The number of carbonyl (C=O) groups is 1. The van der Waals surface area contributed by atoms with Crippen LogP contribution in [0.4, 0.5) is 5.69 Å². The Morgan fingerprint density at radius 1 is 1.11 bits per heavy atom. The average molecular weight is 389 g/mol. The second-order valence-corrected chi connectivity index (χ2v) is 8.77. The van der Waals surface area contributed by atoms with E-state index in [-0.39, 0.29) is 11.9 Å². The van der Waals surface area contributed by atoms with Crippen molar-refractivity contribution in [1.29, 1.82) is 0 Å². The molecule has 0 heterocycles. The number of sulfonamides is 1. The van der Waals surface area contributed by atoms with E-state index in [0.29, 0.717) is 12.1 Å². The van der Waals surface area contributed by atoms with Crippen LogP contribution in [0.15, 0.2) is 48.5 Å². The minimum Gasteiger partial charge on any atom is -0.348 e. The Bertz CT molecular complexity index is 895. The Balaban J connectivity index is 2.38. The van der Waals surface area contributed by atoms with Crippen LogP contribution in [-0.4, -0.2) is 26.6 Å². The predicted octanol–water partition coefficient (Wildman–Crippen LogP) is 3.73. The van der Waals surface area contributed by atoms with Gasteiger partial charge in [-0.25, -0.2) is 8.42 Å². The molecule has 0 aliphatic heterocycles. The van der Waals surface area contributed by atoms with E-state index in [2.05, 4.69) is 5.32 Å². The van der Waals surface area contributed by atoms with Crippen LogP contribution < -0.4 is 9.62 Å². The molecule has 0 fully saturated rings. The molecule has 2 aromatic rings. The van der Waals surface area contributed by atoms with Gasteiger partial charge in [-0.1, -0.05) is 49.4 Å². The monoisotopic (exact) mass is 388 g/mol. The quantitative estimate of drug-likeness (QED) is 0.786. The molecule has 0 aromatic heterocycles. The second-order valence-electron chi connectivity index (χ2n) is 6.91. The van der Waals surface area contributed by atoms with Gasteiger partial charge < -0.3 is 5.32 Å². The number of hydrogen-bond acceptors (Lipinski definition) is 3. The molecular weight excluding hydrogens is 360 g/mol. The topological polar surface area (TPSA) is 66.5 Å². The molecule has 0 bridgehead atoms. The van der Waals surface area contributed by atoms with Gasteiger partial charge in [0.05, 0.1) is 18.0 Å². The number of nitrogens with one attached hydrogen (secondary N) is 1. The Hall–Kier alpha value is -2.34. The molecule has 5 nitrogen and oxygen atoms in total. The van der Waals surface area contributed by atoms with Crippen molar-refractivity contribution in [2.75, 3.05) is 10.6 Å². The van der Waals surface area contributed by atoms with Gasteiger partial charge in [0.1, 0.15) is 6.04 Å². The van der Waals surface area contributed by atoms with E-state index in [9.17, 15) is 13.2 Å². The van der Waals surface area contributed by atoms with Crippen LogP contribution in [0, 0.1) is 13.8 Å². The molecule has 0 radical (unpaired) electrons. The SMILES string of the molecule is CCC(C(=O)NC(C)c1ccccc1)N(c1cc(C)ccc1C)S(C)(=O)=O. The molecular formula is C21H28N2O3S. The van der Waals surface area contributed by atoms with Crippen LogP contribution in [0.2, 0.25) is 0 Å². The summed E-state index contributed by atoms with van der Waals surface area (Å²) in [4.78, 5) is 13.0. The summed E-state index contributed by atoms with van der Waals surface area (Å²) in [5.74, 6) is -0.305. The van der Waals surface area contributed by atoms with Gasteiger partial charge in [-0.3, -0.25) is 9.10 Å². The van der Waals surface area contributed by atoms with Crippen molar-refractivity contribution < 1.29 is 13.2 Å². The molecule has 2 rings (SSSR count). The molecule has 0 aliphatic rings. The Labute approximate surface area is 162 Å². The standard InChI is InChI=1S/C21H28N2O3S/c1-6-19(21(24)22-17(4)18-10-8-7-9-11-18)23(27(5,25)26)20-14-15(2)12-13-16(20)3/h7-14,17,19H,6H2,1-5H3,(H,22,24). The first-order chi connectivity index (χ1) is 12.6. The van der Waals surface area contributed by atoms with Crippen LogP contribution in [-0.2, 0) is 14.8 Å². The van der Waals surface area contributed by atoms with Gasteiger partial charge >= 0.3 is 0 Å². The summed E-state index contributed by atoms with van der Waals surface area (Å²) in [7, 11) is -3.64. The number of nitrogens with zero attached hydrogens (tertiary/aromatic N) is 1. The van der Waals surface area contributed by atoms with Gasteiger partial charge in [-0.2, -0.15) is 0 Å². The van der Waals surface area contributed by atoms with Crippen molar-refractivity contribution in [2.45, 2.75) is 46.2 Å². The molecule has 0 saturated carbocycles. The molecule has 146 valence electrons. The maximum Gasteiger partial charge on any atom is 0.244 e. The molecule has 2 atom stereocenters. The lowest BCUT2D eigenvalue weighted by molar-refractivity contribution is -0.122. The maximum atomic E-state index is 13.0. The minimum absolute atomic E-state index is 0.215. The molecule has 27 heavy (non-hydrogen) atoms. The lowest BCUT2D eigenvalue weighted by atomic mass is 10.1. The highest BCUT2D eigenvalue weighted by Gasteiger charge is 2.33. The zero-order chi connectivity index (χ0) is 20.2. The van der Waals surface area contributed by atoms with E-state index in [4.69, 9.17) is 0 Å². The fraction of sp³-hybridized carbons (Fsp3) is 0.381. The van der Waals surface area contributed by atoms with E-state index in [1.165, 1.54) is 4.31 Å². The second kappa shape index (κ2) is 8.57. The number of carbonyl (C=O) groups excluding carboxylic acids is 1. The molecule has 0 spiro atoms. The highest BCUT2D eigenvalue weighted by molar-refractivity contribution is 7.92. The van der Waals surface area contributed by atoms with Crippen molar-refractivity contribution in [3.63, 3.8) is 0 Å². The molecule has 1 amide bonds. The highest BCUT2D eigenvalue weighted by Crippen LogP contribution is 2.27. The largest absolute Gasteiger partial charge is 0.348 e. The Morgan fingerprint density at radius 2 is 1.74 bits per heavy atom. The molecule has 1 N–H and O–H groups in total. The van der Waals surface area contributed by atoms with E-state index in [0.717, 1.165) is 22.9 Å². The molecule has 0 saturated heterocycles. The van der Waals surface area contributed by atoms with E-state index >= 15 is 0 Å². The fourth-order valence-corrected chi connectivity index (χ4v) is 4.39. The maximum absolute atomic E-state index is 13.0. The first-order valence-electron chi connectivity index (χ1n) is 9.07. The third-order valence-corrected chi connectivity index (χ3v) is 5.76. The van der Waals surface area contributed by atoms with Gasteiger partial charge in [-0.05, 0) is 49.9 Å². The smallest absolute Gasteiger partial charge is 0.244 e. The summed E-state index contributed by atoms with van der Waals surface area (Å²) in [6, 6.07) is 14.2. The van der Waals surface area contributed by atoms with Crippen molar-refractivity contribution in [3.8, 4) is 0 Å². The Morgan fingerprint density at radius 3 is 2.30 bits per heavy atom. The fourth-order valence-electron chi connectivity index (χ4n) is 3.13. The van der Waals surface area contributed by atoms with Crippen molar-refractivity contribution in [1.82, 2.24) is 5.32 Å². The number of anilines is 1. The first kappa shape index (κ1) is 21.0. The number of benzene rings is 2. The number of hydrogen-bond donors (Lipinski definition) is 1. The van der Waals surface area contributed by atoms with Crippen LogP contribution in [0.1, 0.15) is 43.0 Å². The predicted molar refractivity (Wildman–Crippen MR) is 110 cm³/mol. The van der Waals surface area contributed by atoms with E-state index < -0.39 is 16.1 Å². The summed E-state index contributed by atoms with van der Waals surface area (Å²) < 4.78 is 26.5. The molecule has 2 aromatic carbocycles. The summed E-state index contributed by atoms with van der Waals surface area (Å²) in [6.07, 6.45) is 1.51. The van der Waals surface area contributed by atoms with Crippen LogP contribution in [0.3, 0.4) is 0 Å². The lowest BCUT2D eigenvalue weighted by Crippen LogP contribution is -2.50. The third kappa shape index (κ3) is 5.10. The summed E-state index contributed by atoms with van der Waals surface area (Å²) in [5, 5.41) is 2.96. The molecule has 0 aliphatic carbocycles. The normalized spacial score (nSPS) is 13.7. The number of amides is 1. The number of aryl methyl sites for hydroxylation is 2. The van der Waals surface area contributed by atoms with E-state index in [1.807, 2.05) is 76.2 Å². The number of rotatable bonds is 7.